The minimum absolute atomic E-state index is 0.0747. The van der Waals surface area contributed by atoms with Crippen molar-refractivity contribution in [2.45, 2.75) is 51.6 Å². The quantitative estimate of drug-likeness (QED) is 0.304. The third-order valence-electron chi connectivity index (χ3n) is 6.74. The zero-order valence-electron chi connectivity index (χ0n) is 20.4. The van der Waals surface area contributed by atoms with E-state index in [9.17, 15) is 19.9 Å². The van der Waals surface area contributed by atoms with Gasteiger partial charge in [-0.1, -0.05) is 30.9 Å². The molecule has 1 aromatic carbocycles. The van der Waals surface area contributed by atoms with Crippen LogP contribution in [0.25, 0.3) is 11.1 Å². The van der Waals surface area contributed by atoms with Crippen LogP contribution in [0.2, 0.25) is 5.02 Å². The van der Waals surface area contributed by atoms with Gasteiger partial charge < -0.3 is 20.9 Å². The highest BCUT2D eigenvalue weighted by Crippen LogP contribution is 2.33. The number of hydrogen-bond acceptors (Lipinski definition) is 5. The monoisotopic (exact) mass is 529 g/mol. The second kappa shape index (κ2) is 11.7. The third-order valence-corrected chi connectivity index (χ3v) is 7.06. The summed E-state index contributed by atoms with van der Waals surface area (Å²) in [4.78, 5) is 26.4. The Morgan fingerprint density at radius 2 is 2.03 bits per heavy atom. The van der Waals surface area contributed by atoms with E-state index in [4.69, 9.17) is 11.6 Å². The second-order valence-corrected chi connectivity index (χ2v) is 9.55. The van der Waals surface area contributed by atoms with Crippen LogP contribution in [0.5, 0.6) is 0 Å². The summed E-state index contributed by atoms with van der Waals surface area (Å²) < 4.78 is 17.1. The van der Waals surface area contributed by atoms with Gasteiger partial charge in [0, 0.05) is 30.4 Å². The highest BCUT2D eigenvalue weighted by molar-refractivity contribution is 6.33. The van der Waals surface area contributed by atoms with Crippen molar-refractivity contribution in [3.8, 4) is 11.1 Å². The summed E-state index contributed by atoms with van der Waals surface area (Å²) in [5.41, 5.74) is 1.13. The molecule has 2 heterocycles. The van der Waals surface area contributed by atoms with E-state index in [1.807, 2.05) is 0 Å². The number of aliphatic hydroxyl groups is 1. The van der Waals surface area contributed by atoms with Gasteiger partial charge in [0.05, 0.1) is 23.7 Å². The van der Waals surface area contributed by atoms with Crippen molar-refractivity contribution < 1.29 is 23.8 Å². The molecule has 11 heteroatoms. The van der Waals surface area contributed by atoms with Crippen molar-refractivity contribution in [1.29, 1.82) is 0 Å². The summed E-state index contributed by atoms with van der Waals surface area (Å²) in [6.45, 7) is 1.52. The number of pyridine rings is 1. The molecule has 3 aromatic rings. The molecular formula is C26H29ClFN5O4. The van der Waals surface area contributed by atoms with Crippen molar-refractivity contribution in [2.75, 3.05) is 11.9 Å². The summed E-state index contributed by atoms with van der Waals surface area (Å²) in [5.74, 6) is -1.65. The largest absolute Gasteiger partial charge is 0.618 e. The van der Waals surface area contributed by atoms with E-state index in [0.29, 0.717) is 4.73 Å². The molecule has 1 saturated carbocycles. The summed E-state index contributed by atoms with van der Waals surface area (Å²) >= 11 is 6.23. The van der Waals surface area contributed by atoms with Crippen molar-refractivity contribution in [3.05, 3.63) is 70.2 Å². The third kappa shape index (κ3) is 5.91. The molecule has 0 aliphatic heterocycles. The van der Waals surface area contributed by atoms with Gasteiger partial charge in [0.25, 0.3) is 5.91 Å². The molecule has 0 bridgehead atoms. The lowest BCUT2D eigenvalue weighted by atomic mass is 9.83. The minimum Gasteiger partial charge on any atom is -0.618 e. The van der Waals surface area contributed by atoms with E-state index >= 15 is 4.39 Å². The van der Waals surface area contributed by atoms with Crippen LogP contribution in [-0.4, -0.2) is 39.4 Å². The number of rotatable bonds is 8. The smallest absolute Gasteiger partial charge is 0.270 e. The van der Waals surface area contributed by atoms with Gasteiger partial charge in [0.2, 0.25) is 5.91 Å². The van der Waals surface area contributed by atoms with Gasteiger partial charge in [0.15, 0.2) is 11.9 Å². The molecule has 1 atom stereocenters. The molecule has 2 amide bonds. The fourth-order valence-corrected chi connectivity index (χ4v) is 5.12. The molecule has 1 aliphatic rings. The van der Waals surface area contributed by atoms with Crippen LogP contribution in [-0.2, 0) is 11.3 Å². The van der Waals surface area contributed by atoms with Gasteiger partial charge in [-0.15, -0.1) is 0 Å². The van der Waals surface area contributed by atoms with Crippen LogP contribution in [0.3, 0.4) is 0 Å². The van der Waals surface area contributed by atoms with Gasteiger partial charge in [-0.25, -0.2) is 4.39 Å². The highest BCUT2D eigenvalue weighted by Gasteiger charge is 2.32. The van der Waals surface area contributed by atoms with E-state index in [-0.39, 0.29) is 52.3 Å². The molecule has 0 radical (unpaired) electrons. The van der Waals surface area contributed by atoms with Crippen molar-refractivity contribution >= 4 is 29.1 Å². The van der Waals surface area contributed by atoms with Gasteiger partial charge in [-0.2, -0.15) is 9.83 Å². The fraction of sp³-hybridized carbons (Fsp3) is 0.385. The average Bonchev–Trinajstić information content (AvgIpc) is 3.35. The van der Waals surface area contributed by atoms with Crippen LogP contribution in [0, 0.1) is 23.9 Å². The Morgan fingerprint density at radius 3 is 2.73 bits per heavy atom. The summed E-state index contributed by atoms with van der Waals surface area (Å²) in [7, 11) is 0. The number of amides is 2. The zero-order chi connectivity index (χ0) is 26.5. The number of carbonyl (C=O) groups excluding carboxylic acids is 2. The van der Waals surface area contributed by atoms with E-state index in [1.54, 1.807) is 6.92 Å². The lowest BCUT2D eigenvalue weighted by Gasteiger charge is -2.30. The Labute approximate surface area is 218 Å². The number of aromatic nitrogens is 3. The normalized spacial score (nSPS) is 14.8. The van der Waals surface area contributed by atoms with Crippen molar-refractivity contribution in [1.82, 2.24) is 15.1 Å². The second-order valence-electron chi connectivity index (χ2n) is 9.15. The van der Waals surface area contributed by atoms with Crippen LogP contribution >= 0.6 is 11.6 Å². The molecular weight excluding hydrogens is 501 g/mol. The number of benzene rings is 1. The Hall–Kier alpha value is -3.50. The molecule has 196 valence electrons. The molecule has 0 saturated heterocycles. The van der Waals surface area contributed by atoms with Crippen LogP contribution in [0.15, 0.2) is 42.7 Å². The topological polar surface area (TPSA) is 123 Å². The predicted molar refractivity (Wildman–Crippen MR) is 136 cm³/mol. The van der Waals surface area contributed by atoms with Gasteiger partial charge >= 0.3 is 0 Å². The maximum Gasteiger partial charge on any atom is 0.270 e. The Bertz CT molecular complexity index is 1290. The molecule has 1 fully saturated rings. The van der Waals surface area contributed by atoms with Gasteiger partial charge in [0.1, 0.15) is 17.6 Å². The average molecular weight is 530 g/mol. The molecule has 0 spiro atoms. The molecule has 1 aliphatic carbocycles. The Kier molecular flexibility index (Phi) is 8.40. The minimum atomic E-state index is -0.835. The zero-order valence-corrected chi connectivity index (χ0v) is 21.2. The standard InChI is InChI=1S/C26H29ClFN5O4/c1-16-23(20(27)10-12-33(16)37)19-8-7-18(15-21(19)28)30-26(36)24(17-5-3-2-4-6-17)31-25(35)22-9-11-29-32(22)13-14-34/h7-12,15,17,24,34H,2-6,13-14H2,1H3,(H,30,36)(H,31,35)/t24-/m0/s1. The Balaban J connectivity index is 1.56. The maximum atomic E-state index is 15.1. The highest BCUT2D eigenvalue weighted by atomic mass is 35.5. The van der Waals surface area contributed by atoms with Crippen molar-refractivity contribution in [2.24, 2.45) is 5.92 Å². The summed E-state index contributed by atoms with van der Waals surface area (Å²) in [6, 6.07) is 6.25. The first-order chi connectivity index (χ1) is 17.8. The van der Waals surface area contributed by atoms with E-state index < -0.39 is 23.7 Å². The molecule has 4 rings (SSSR count). The van der Waals surface area contributed by atoms with E-state index in [0.717, 1.165) is 32.1 Å². The van der Waals surface area contributed by atoms with Crippen molar-refractivity contribution in [3.63, 3.8) is 0 Å². The lowest BCUT2D eigenvalue weighted by molar-refractivity contribution is -0.611. The number of hydrogen-bond donors (Lipinski definition) is 3. The number of aliphatic hydroxyl groups excluding tert-OH is 1. The van der Waals surface area contributed by atoms with Gasteiger partial charge in [-0.05, 0) is 43.0 Å². The number of nitrogens with zero attached hydrogens (tertiary/aromatic N) is 3. The lowest BCUT2D eigenvalue weighted by Crippen LogP contribution is -2.49. The number of carbonyl (C=O) groups is 2. The van der Waals surface area contributed by atoms with E-state index in [2.05, 4.69) is 15.7 Å². The van der Waals surface area contributed by atoms with Crippen LogP contribution in [0.4, 0.5) is 10.1 Å². The molecule has 3 N–H and O–H groups in total. The maximum absolute atomic E-state index is 15.1. The van der Waals surface area contributed by atoms with E-state index in [1.165, 1.54) is 47.4 Å². The van der Waals surface area contributed by atoms with Crippen LogP contribution in [0.1, 0.15) is 48.3 Å². The number of halogens is 2. The summed E-state index contributed by atoms with van der Waals surface area (Å²) in [6.07, 6.45) is 7.24. The SMILES string of the molecule is Cc1c(-c2ccc(NC(=O)[C@@H](NC(=O)c3ccnn3CCO)C3CCCCC3)cc2F)c(Cl)cc[n+]1[O-]. The first kappa shape index (κ1) is 26.6. The predicted octanol–water partition coefficient (Wildman–Crippen LogP) is 3.59. The summed E-state index contributed by atoms with van der Waals surface area (Å²) in [5, 5.41) is 31.1. The molecule has 2 aromatic heterocycles. The number of anilines is 1. The molecule has 37 heavy (non-hydrogen) atoms. The molecule has 0 unspecified atom stereocenters. The van der Waals surface area contributed by atoms with Gasteiger partial charge in [-0.3, -0.25) is 14.3 Å². The fourth-order valence-electron chi connectivity index (χ4n) is 4.83. The first-order valence-corrected chi connectivity index (χ1v) is 12.6. The number of nitrogens with one attached hydrogen (secondary N) is 2. The first-order valence-electron chi connectivity index (χ1n) is 12.2. The Morgan fingerprint density at radius 1 is 1.27 bits per heavy atom. The van der Waals surface area contributed by atoms with Crippen LogP contribution < -0.4 is 15.4 Å². The molecule has 9 nitrogen and oxygen atoms in total.